The number of benzene rings is 2. The lowest BCUT2D eigenvalue weighted by Crippen LogP contribution is -1.97. The van der Waals surface area contributed by atoms with Crippen LogP contribution in [0.4, 0.5) is 0 Å². The van der Waals surface area contributed by atoms with Crippen LogP contribution in [0.2, 0.25) is 0 Å². The molecule has 1 unspecified atom stereocenters. The molecule has 26 heavy (non-hydrogen) atoms. The maximum atomic E-state index is 10.3. The fraction of sp³-hybridized carbons (Fsp3) is 0.286. The maximum Gasteiger partial charge on any atom is 0.170 e. The summed E-state index contributed by atoms with van der Waals surface area (Å²) >= 11 is 1.75. The molecule has 0 saturated carbocycles. The molecule has 1 atom stereocenters. The Hall–Kier alpha value is -2.53. The number of hydrogen-bond acceptors (Lipinski definition) is 5. The average Bonchev–Trinajstić information content (AvgIpc) is 3.18. The van der Waals surface area contributed by atoms with E-state index in [0.29, 0.717) is 11.3 Å². The standard InChI is InChI=1S/C21H21NO3S/c1-11(2)16-8-21-13(7-18(16)23)5-15(26-21)4-12(3)17-6-14-10-22-25-20(14)9-19(17)24/h5-12,23-24H,4H2,1-3H3. The molecule has 2 aromatic heterocycles. The van der Waals surface area contributed by atoms with E-state index in [9.17, 15) is 10.2 Å². The summed E-state index contributed by atoms with van der Waals surface area (Å²) in [5.41, 5.74) is 2.47. The monoisotopic (exact) mass is 367 g/mol. The van der Waals surface area contributed by atoms with Crippen molar-refractivity contribution in [1.29, 1.82) is 0 Å². The average molecular weight is 367 g/mol. The summed E-state index contributed by atoms with van der Waals surface area (Å²) in [4.78, 5) is 1.23. The van der Waals surface area contributed by atoms with Gasteiger partial charge in [-0.3, -0.25) is 0 Å². The number of rotatable bonds is 4. The molecule has 4 nitrogen and oxygen atoms in total. The first-order chi connectivity index (χ1) is 12.4. The Balaban J connectivity index is 1.66. The van der Waals surface area contributed by atoms with Crippen LogP contribution < -0.4 is 0 Å². The summed E-state index contributed by atoms with van der Waals surface area (Å²) in [5.74, 6) is 1.04. The van der Waals surface area contributed by atoms with Crippen LogP contribution in [0.15, 0.2) is 41.1 Å². The first-order valence-electron chi connectivity index (χ1n) is 8.75. The largest absolute Gasteiger partial charge is 0.508 e. The highest BCUT2D eigenvalue weighted by molar-refractivity contribution is 7.19. The fourth-order valence-electron chi connectivity index (χ4n) is 3.44. The highest BCUT2D eigenvalue weighted by Gasteiger charge is 2.16. The van der Waals surface area contributed by atoms with Gasteiger partial charge in [-0.2, -0.15) is 0 Å². The summed E-state index contributed by atoms with van der Waals surface area (Å²) in [6, 6.07) is 9.66. The van der Waals surface area contributed by atoms with E-state index in [1.165, 1.54) is 9.58 Å². The highest BCUT2D eigenvalue weighted by atomic mass is 32.1. The normalized spacial score (nSPS) is 13.1. The van der Waals surface area contributed by atoms with E-state index >= 15 is 0 Å². The van der Waals surface area contributed by atoms with Gasteiger partial charge in [-0.25, -0.2) is 0 Å². The Morgan fingerprint density at radius 1 is 0.962 bits per heavy atom. The number of nitrogens with zero attached hydrogens (tertiary/aromatic N) is 1. The first kappa shape index (κ1) is 16.9. The second kappa shape index (κ2) is 6.32. The van der Waals surface area contributed by atoms with Gasteiger partial charge in [-0.05, 0) is 59.0 Å². The van der Waals surface area contributed by atoms with E-state index in [4.69, 9.17) is 4.52 Å². The summed E-state index contributed by atoms with van der Waals surface area (Å²) in [5, 5.41) is 26.3. The van der Waals surface area contributed by atoms with Gasteiger partial charge in [0, 0.05) is 21.0 Å². The van der Waals surface area contributed by atoms with Crippen molar-refractivity contribution in [3.8, 4) is 11.5 Å². The molecule has 0 aliphatic rings. The van der Waals surface area contributed by atoms with Crippen molar-refractivity contribution >= 4 is 32.4 Å². The van der Waals surface area contributed by atoms with Gasteiger partial charge in [-0.15, -0.1) is 11.3 Å². The summed E-state index contributed by atoms with van der Waals surface area (Å²) < 4.78 is 6.29. The van der Waals surface area contributed by atoms with Gasteiger partial charge in [0.05, 0.1) is 6.20 Å². The topological polar surface area (TPSA) is 66.5 Å². The molecule has 0 radical (unpaired) electrons. The number of hydrogen-bond donors (Lipinski definition) is 2. The Labute approximate surface area is 155 Å². The van der Waals surface area contributed by atoms with Crippen molar-refractivity contribution in [2.24, 2.45) is 0 Å². The number of phenols is 2. The van der Waals surface area contributed by atoms with Crippen molar-refractivity contribution < 1.29 is 14.7 Å². The smallest absolute Gasteiger partial charge is 0.170 e. The quantitative estimate of drug-likeness (QED) is 0.469. The molecule has 0 amide bonds. The third kappa shape index (κ3) is 2.92. The van der Waals surface area contributed by atoms with E-state index < -0.39 is 0 Å². The molecule has 0 aliphatic heterocycles. The Morgan fingerprint density at radius 3 is 2.50 bits per heavy atom. The molecule has 0 bridgehead atoms. The van der Waals surface area contributed by atoms with E-state index in [1.807, 2.05) is 12.1 Å². The van der Waals surface area contributed by atoms with Gasteiger partial charge in [0.2, 0.25) is 0 Å². The van der Waals surface area contributed by atoms with Gasteiger partial charge in [0.1, 0.15) is 11.5 Å². The molecule has 5 heteroatoms. The van der Waals surface area contributed by atoms with E-state index in [2.05, 4.69) is 38.1 Å². The molecule has 4 rings (SSSR count). The molecule has 2 heterocycles. The second-order valence-corrected chi connectivity index (χ2v) is 8.36. The van der Waals surface area contributed by atoms with Crippen LogP contribution in [0, 0.1) is 0 Å². The van der Waals surface area contributed by atoms with Gasteiger partial charge in [0.15, 0.2) is 5.58 Å². The van der Waals surface area contributed by atoms with Crippen LogP contribution in [0.25, 0.3) is 21.1 Å². The lowest BCUT2D eigenvalue weighted by atomic mass is 9.95. The summed E-state index contributed by atoms with van der Waals surface area (Å²) in [7, 11) is 0. The van der Waals surface area contributed by atoms with Crippen molar-refractivity contribution in [2.45, 2.75) is 39.0 Å². The van der Waals surface area contributed by atoms with Crippen LogP contribution in [0.3, 0.4) is 0 Å². The molecule has 0 spiro atoms. The molecule has 0 fully saturated rings. The molecule has 2 aromatic carbocycles. The molecular formula is C21H21NO3S. The Morgan fingerprint density at radius 2 is 1.73 bits per heavy atom. The lowest BCUT2D eigenvalue weighted by molar-refractivity contribution is 0.445. The summed E-state index contributed by atoms with van der Waals surface area (Å²) in [6.45, 7) is 6.28. The van der Waals surface area contributed by atoms with Gasteiger partial charge in [0.25, 0.3) is 0 Å². The molecule has 4 aromatic rings. The third-order valence-electron chi connectivity index (χ3n) is 4.88. The minimum atomic E-state index is 0.153. The Bertz CT molecular complexity index is 1090. The molecular weight excluding hydrogens is 346 g/mol. The van der Waals surface area contributed by atoms with Gasteiger partial charge >= 0.3 is 0 Å². The lowest BCUT2D eigenvalue weighted by Gasteiger charge is -2.12. The van der Waals surface area contributed by atoms with E-state index in [1.54, 1.807) is 23.6 Å². The van der Waals surface area contributed by atoms with Crippen LogP contribution in [-0.2, 0) is 6.42 Å². The number of aromatic hydroxyl groups is 2. The SMILES string of the molecule is CC(C)c1cc2sc(CC(C)c3cc4cnoc4cc3O)cc2cc1O. The van der Waals surface area contributed by atoms with E-state index in [0.717, 1.165) is 28.3 Å². The van der Waals surface area contributed by atoms with Gasteiger partial charge < -0.3 is 14.7 Å². The number of phenolic OH excluding ortho intramolecular Hbond substituents is 2. The van der Waals surface area contributed by atoms with Crippen molar-refractivity contribution in [2.75, 3.05) is 0 Å². The molecule has 134 valence electrons. The third-order valence-corrected chi connectivity index (χ3v) is 6.00. The molecule has 2 N–H and O–H groups in total. The minimum absolute atomic E-state index is 0.153. The molecule has 0 saturated heterocycles. The maximum absolute atomic E-state index is 10.3. The van der Waals surface area contributed by atoms with Crippen LogP contribution in [0.1, 0.15) is 48.6 Å². The van der Waals surface area contributed by atoms with Crippen LogP contribution in [-0.4, -0.2) is 15.4 Å². The predicted molar refractivity (Wildman–Crippen MR) is 105 cm³/mol. The van der Waals surface area contributed by atoms with Crippen LogP contribution >= 0.6 is 11.3 Å². The molecule has 0 aliphatic carbocycles. The fourth-order valence-corrected chi connectivity index (χ4v) is 4.66. The summed E-state index contributed by atoms with van der Waals surface area (Å²) in [6.07, 6.45) is 2.49. The zero-order valence-corrected chi connectivity index (χ0v) is 15.8. The van der Waals surface area contributed by atoms with Gasteiger partial charge in [-0.1, -0.05) is 25.9 Å². The number of fused-ring (bicyclic) bond motifs is 2. The minimum Gasteiger partial charge on any atom is -0.508 e. The zero-order valence-electron chi connectivity index (χ0n) is 15.0. The van der Waals surface area contributed by atoms with Crippen molar-refractivity contribution in [1.82, 2.24) is 5.16 Å². The zero-order chi connectivity index (χ0) is 18.4. The first-order valence-corrected chi connectivity index (χ1v) is 9.56. The Kier molecular flexibility index (Phi) is 4.11. The highest BCUT2D eigenvalue weighted by Crippen LogP contribution is 2.38. The number of thiophene rings is 1. The predicted octanol–water partition coefficient (Wildman–Crippen LogP) is 5.92. The van der Waals surface area contributed by atoms with Crippen molar-refractivity contribution in [3.05, 3.63) is 52.5 Å². The van der Waals surface area contributed by atoms with Crippen molar-refractivity contribution in [3.63, 3.8) is 0 Å². The van der Waals surface area contributed by atoms with E-state index in [-0.39, 0.29) is 17.6 Å². The number of aromatic nitrogens is 1. The second-order valence-electron chi connectivity index (χ2n) is 7.20. The van der Waals surface area contributed by atoms with Crippen LogP contribution in [0.5, 0.6) is 11.5 Å².